The fraction of sp³-hybridized carbons (Fsp3) is 0.0625. The Bertz CT molecular complexity index is 764. The summed E-state index contributed by atoms with van der Waals surface area (Å²) in [6.45, 7) is 0.500. The molecule has 0 bridgehead atoms. The maximum absolute atomic E-state index is 12.3. The predicted molar refractivity (Wildman–Crippen MR) is 83.6 cm³/mol. The van der Waals surface area contributed by atoms with Crippen molar-refractivity contribution in [1.82, 2.24) is 10.3 Å². The number of amides is 1. The molecule has 3 rings (SSSR count). The Hall–Kier alpha value is -2.07. The summed E-state index contributed by atoms with van der Waals surface area (Å²) in [6, 6.07) is 15.6. The van der Waals surface area contributed by atoms with Gasteiger partial charge in [0, 0.05) is 28.1 Å². The largest absolute Gasteiger partial charge is 0.360 e. The third-order valence-electron chi connectivity index (χ3n) is 3.23. The van der Waals surface area contributed by atoms with Gasteiger partial charge < -0.3 is 10.3 Å². The lowest BCUT2D eigenvalue weighted by Gasteiger charge is -2.06. The molecular weight excluding hydrogens is 316 g/mol. The van der Waals surface area contributed by atoms with Crippen LogP contribution in [0.3, 0.4) is 0 Å². The summed E-state index contributed by atoms with van der Waals surface area (Å²) in [6.07, 6.45) is 1.75. The lowest BCUT2D eigenvalue weighted by Crippen LogP contribution is -2.22. The van der Waals surface area contributed by atoms with E-state index in [0.29, 0.717) is 12.1 Å². The summed E-state index contributed by atoms with van der Waals surface area (Å²) in [5.41, 5.74) is 2.70. The summed E-state index contributed by atoms with van der Waals surface area (Å²) in [7, 11) is 0. The highest BCUT2D eigenvalue weighted by atomic mass is 79.9. The molecule has 0 unspecified atom stereocenters. The van der Waals surface area contributed by atoms with Gasteiger partial charge in [0.25, 0.3) is 5.91 Å². The van der Waals surface area contributed by atoms with Crippen LogP contribution in [0.5, 0.6) is 0 Å². The van der Waals surface area contributed by atoms with E-state index in [2.05, 4.69) is 26.2 Å². The molecular formula is C16H13BrN2O. The average Bonchev–Trinajstić information content (AvgIpc) is 2.90. The molecule has 0 saturated heterocycles. The standard InChI is InChI=1S/C16H13BrN2O/c17-14-7-3-1-5-11(14)9-19-16(20)13-10-18-15-8-4-2-6-12(13)15/h1-8,10,18H,9H2,(H,19,20). The molecule has 4 heteroatoms. The number of aromatic amines is 1. The third kappa shape index (κ3) is 2.47. The number of aromatic nitrogens is 1. The minimum Gasteiger partial charge on any atom is -0.360 e. The molecule has 0 spiro atoms. The van der Waals surface area contributed by atoms with Crippen LogP contribution in [-0.2, 0) is 6.54 Å². The van der Waals surface area contributed by atoms with Crippen molar-refractivity contribution in [2.24, 2.45) is 0 Å². The van der Waals surface area contributed by atoms with Crippen LogP contribution < -0.4 is 5.32 Å². The zero-order chi connectivity index (χ0) is 13.9. The van der Waals surface area contributed by atoms with Crippen LogP contribution in [0, 0.1) is 0 Å². The number of carbonyl (C=O) groups is 1. The molecule has 1 aromatic heterocycles. The van der Waals surface area contributed by atoms with Gasteiger partial charge in [0.15, 0.2) is 0 Å². The summed E-state index contributed by atoms with van der Waals surface area (Å²) in [4.78, 5) is 15.4. The second-order valence-electron chi connectivity index (χ2n) is 4.52. The summed E-state index contributed by atoms with van der Waals surface area (Å²) in [5, 5.41) is 3.89. The van der Waals surface area contributed by atoms with Gasteiger partial charge in [-0.1, -0.05) is 52.3 Å². The minimum atomic E-state index is -0.0711. The van der Waals surface area contributed by atoms with Crippen LogP contribution in [0.2, 0.25) is 0 Å². The number of carbonyl (C=O) groups excluding carboxylic acids is 1. The highest BCUT2D eigenvalue weighted by Gasteiger charge is 2.11. The van der Waals surface area contributed by atoms with Gasteiger partial charge in [0.05, 0.1) is 5.56 Å². The van der Waals surface area contributed by atoms with Gasteiger partial charge in [-0.05, 0) is 17.7 Å². The van der Waals surface area contributed by atoms with Crippen LogP contribution in [0.1, 0.15) is 15.9 Å². The Morgan fingerprint density at radius 2 is 1.85 bits per heavy atom. The van der Waals surface area contributed by atoms with Gasteiger partial charge in [0.1, 0.15) is 0 Å². The Morgan fingerprint density at radius 1 is 1.10 bits per heavy atom. The molecule has 3 aromatic rings. The van der Waals surface area contributed by atoms with Gasteiger partial charge in [-0.25, -0.2) is 0 Å². The topological polar surface area (TPSA) is 44.9 Å². The lowest BCUT2D eigenvalue weighted by molar-refractivity contribution is 0.0952. The molecule has 20 heavy (non-hydrogen) atoms. The first-order valence-corrected chi connectivity index (χ1v) is 7.13. The quantitative estimate of drug-likeness (QED) is 0.753. The summed E-state index contributed by atoms with van der Waals surface area (Å²) >= 11 is 3.48. The number of hydrogen-bond acceptors (Lipinski definition) is 1. The number of nitrogens with one attached hydrogen (secondary N) is 2. The number of halogens is 1. The Balaban J connectivity index is 1.79. The van der Waals surface area contributed by atoms with E-state index in [0.717, 1.165) is 20.9 Å². The first-order chi connectivity index (χ1) is 9.75. The van der Waals surface area contributed by atoms with E-state index in [1.165, 1.54) is 0 Å². The van der Waals surface area contributed by atoms with Crippen LogP contribution >= 0.6 is 15.9 Å². The highest BCUT2D eigenvalue weighted by Crippen LogP contribution is 2.18. The van der Waals surface area contributed by atoms with Gasteiger partial charge in [0.2, 0.25) is 0 Å². The fourth-order valence-corrected chi connectivity index (χ4v) is 2.60. The van der Waals surface area contributed by atoms with Crippen molar-refractivity contribution in [2.75, 3.05) is 0 Å². The van der Waals surface area contributed by atoms with Crippen LogP contribution in [-0.4, -0.2) is 10.9 Å². The molecule has 3 nitrogen and oxygen atoms in total. The zero-order valence-electron chi connectivity index (χ0n) is 10.7. The van der Waals surface area contributed by atoms with Gasteiger partial charge >= 0.3 is 0 Å². The summed E-state index contributed by atoms with van der Waals surface area (Å²) < 4.78 is 0.999. The number of rotatable bonds is 3. The van der Waals surface area contributed by atoms with E-state index in [9.17, 15) is 4.79 Å². The van der Waals surface area contributed by atoms with E-state index in [1.807, 2.05) is 48.5 Å². The van der Waals surface area contributed by atoms with Crippen molar-refractivity contribution in [2.45, 2.75) is 6.54 Å². The molecule has 100 valence electrons. The van der Waals surface area contributed by atoms with Gasteiger partial charge in [-0.2, -0.15) is 0 Å². The maximum Gasteiger partial charge on any atom is 0.253 e. The van der Waals surface area contributed by atoms with Crippen molar-refractivity contribution in [3.63, 3.8) is 0 Å². The van der Waals surface area contributed by atoms with Crippen LogP contribution in [0.25, 0.3) is 10.9 Å². The number of hydrogen-bond donors (Lipinski definition) is 2. The molecule has 0 aliphatic rings. The van der Waals surface area contributed by atoms with Crippen molar-refractivity contribution in [3.05, 3.63) is 70.3 Å². The smallest absolute Gasteiger partial charge is 0.253 e. The van der Waals surface area contributed by atoms with Crippen LogP contribution in [0.15, 0.2) is 59.2 Å². The molecule has 2 aromatic carbocycles. The zero-order valence-corrected chi connectivity index (χ0v) is 12.3. The molecule has 1 heterocycles. The SMILES string of the molecule is O=C(NCc1ccccc1Br)c1c[nH]c2ccccc12. The number of para-hydroxylation sites is 1. The van der Waals surface area contributed by atoms with Crippen molar-refractivity contribution in [1.29, 1.82) is 0 Å². The second-order valence-corrected chi connectivity index (χ2v) is 5.38. The first kappa shape index (κ1) is 12.9. The van der Waals surface area contributed by atoms with E-state index < -0.39 is 0 Å². The number of fused-ring (bicyclic) bond motifs is 1. The highest BCUT2D eigenvalue weighted by molar-refractivity contribution is 9.10. The second kappa shape index (κ2) is 5.51. The van der Waals surface area contributed by atoms with Gasteiger partial charge in [-0.3, -0.25) is 4.79 Å². The molecule has 0 atom stereocenters. The Morgan fingerprint density at radius 3 is 2.70 bits per heavy atom. The molecule has 1 amide bonds. The van der Waals surface area contributed by atoms with Gasteiger partial charge in [-0.15, -0.1) is 0 Å². The number of benzene rings is 2. The Labute approximate surface area is 125 Å². The fourth-order valence-electron chi connectivity index (χ4n) is 2.17. The number of H-pyrrole nitrogens is 1. The maximum atomic E-state index is 12.3. The lowest BCUT2D eigenvalue weighted by atomic mass is 10.1. The molecule has 2 N–H and O–H groups in total. The normalized spacial score (nSPS) is 10.7. The van der Waals surface area contributed by atoms with E-state index >= 15 is 0 Å². The molecule has 0 aliphatic carbocycles. The van der Waals surface area contributed by atoms with Crippen LogP contribution in [0.4, 0.5) is 0 Å². The monoisotopic (exact) mass is 328 g/mol. The van der Waals surface area contributed by atoms with Crippen molar-refractivity contribution >= 4 is 32.7 Å². The Kier molecular flexibility index (Phi) is 3.56. The van der Waals surface area contributed by atoms with Crippen molar-refractivity contribution in [3.8, 4) is 0 Å². The minimum absolute atomic E-state index is 0.0711. The van der Waals surface area contributed by atoms with Crippen molar-refractivity contribution < 1.29 is 4.79 Å². The predicted octanol–water partition coefficient (Wildman–Crippen LogP) is 3.86. The molecule has 0 saturated carbocycles. The molecule has 0 fully saturated rings. The summed E-state index contributed by atoms with van der Waals surface area (Å²) in [5.74, 6) is -0.0711. The van der Waals surface area contributed by atoms with E-state index in [4.69, 9.17) is 0 Å². The average molecular weight is 329 g/mol. The van der Waals surface area contributed by atoms with E-state index in [-0.39, 0.29) is 5.91 Å². The molecule has 0 radical (unpaired) electrons. The van der Waals surface area contributed by atoms with E-state index in [1.54, 1.807) is 6.20 Å². The molecule has 0 aliphatic heterocycles. The first-order valence-electron chi connectivity index (χ1n) is 6.33. The third-order valence-corrected chi connectivity index (χ3v) is 4.00.